The molecule has 0 heterocycles. The maximum Gasteiger partial charge on any atom is 0.00103 e. The Morgan fingerprint density at radius 1 is 1.00 bits per heavy atom. The molecule has 0 saturated heterocycles. The molecular formula is C15H34N2. The second kappa shape index (κ2) is 11.0. The van der Waals surface area contributed by atoms with Crippen LogP contribution in [-0.2, 0) is 0 Å². The minimum atomic E-state index is 0.632. The minimum Gasteiger partial charge on any atom is -0.315 e. The van der Waals surface area contributed by atoms with Crippen LogP contribution in [0.25, 0.3) is 0 Å². The first kappa shape index (κ1) is 16.9. The highest BCUT2D eigenvalue weighted by Gasteiger charge is 2.06. The van der Waals surface area contributed by atoms with E-state index in [1.165, 1.54) is 51.9 Å². The van der Waals surface area contributed by atoms with E-state index in [2.05, 4.69) is 44.8 Å². The molecule has 0 saturated carbocycles. The summed E-state index contributed by atoms with van der Waals surface area (Å²) in [4.78, 5) is 2.60. The van der Waals surface area contributed by atoms with Crippen LogP contribution in [0.3, 0.4) is 0 Å². The van der Waals surface area contributed by atoms with Crippen molar-refractivity contribution in [1.82, 2.24) is 10.2 Å². The Balaban J connectivity index is 3.43. The average Bonchev–Trinajstić information content (AvgIpc) is 2.31. The number of hydrogen-bond acceptors (Lipinski definition) is 2. The normalized spacial score (nSPS) is 13.6. The fourth-order valence-corrected chi connectivity index (χ4v) is 1.98. The Morgan fingerprint density at radius 3 is 2.24 bits per heavy atom. The Labute approximate surface area is 109 Å². The van der Waals surface area contributed by atoms with Crippen molar-refractivity contribution in [3.63, 3.8) is 0 Å². The molecule has 17 heavy (non-hydrogen) atoms. The highest BCUT2D eigenvalue weighted by molar-refractivity contribution is 4.61. The summed E-state index contributed by atoms with van der Waals surface area (Å²) in [5, 5.41) is 3.48. The summed E-state index contributed by atoms with van der Waals surface area (Å²) in [6.07, 6.45) is 5.33. The Bertz CT molecular complexity index is 157. The maximum absolute atomic E-state index is 3.48. The van der Waals surface area contributed by atoms with Crippen LogP contribution in [0, 0.1) is 5.92 Å². The second-order valence-electron chi connectivity index (χ2n) is 5.58. The summed E-state index contributed by atoms with van der Waals surface area (Å²) < 4.78 is 0. The lowest BCUT2D eigenvalue weighted by Gasteiger charge is -2.23. The van der Waals surface area contributed by atoms with Gasteiger partial charge in [0.15, 0.2) is 0 Å². The van der Waals surface area contributed by atoms with Gasteiger partial charge in [0.2, 0.25) is 0 Å². The van der Waals surface area contributed by atoms with E-state index in [-0.39, 0.29) is 0 Å². The Kier molecular flexibility index (Phi) is 11.0. The SMILES string of the molecule is CCC(C)CN(CC)CCCCCNC(C)C. The van der Waals surface area contributed by atoms with E-state index in [9.17, 15) is 0 Å². The largest absolute Gasteiger partial charge is 0.315 e. The van der Waals surface area contributed by atoms with Crippen molar-refractivity contribution in [2.45, 2.75) is 66.3 Å². The summed E-state index contributed by atoms with van der Waals surface area (Å²) in [5.74, 6) is 0.845. The van der Waals surface area contributed by atoms with Gasteiger partial charge in [-0.3, -0.25) is 0 Å². The first-order valence-electron chi connectivity index (χ1n) is 7.55. The molecule has 1 atom stereocenters. The zero-order valence-corrected chi connectivity index (χ0v) is 12.8. The Morgan fingerprint density at radius 2 is 1.71 bits per heavy atom. The van der Waals surface area contributed by atoms with E-state index in [0.29, 0.717) is 6.04 Å². The van der Waals surface area contributed by atoms with Gasteiger partial charge < -0.3 is 10.2 Å². The summed E-state index contributed by atoms with van der Waals surface area (Å²) in [7, 11) is 0. The van der Waals surface area contributed by atoms with Gasteiger partial charge >= 0.3 is 0 Å². The molecule has 0 aliphatic heterocycles. The van der Waals surface area contributed by atoms with Crippen LogP contribution in [0.5, 0.6) is 0 Å². The van der Waals surface area contributed by atoms with Crippen molar-refractivity contribution in [2.24, 2.45) is 5.92 Å². The van der Waals surface area contributed by atoms with Gasteiger partial charge in [-0.05, 0) is 38.4 Å². The summed E-state index contributed by atoms with van der Waals surface area (Å²) >= 11 is 0. The van der Waals surface area contributed by atoms with E-state index in [1.54, 1.807) is 0 Å². The summed E-state index contributed by atoms with van der Waals surface area (Å²) in [5.41, 5.74) is 0. The number of nitrogens with one attached hydrogen (secondary N) is 1. The standard InChI is InChI=1S/C15H34N2/c1-6-15(5)13-17(7-2)12-10-8-9-11-16-14(3)4/h14-16H,6-13H2,1-5H3. The molecule has 1 N–H and O–H groups in total. The summed E-state index contributed by atoms with van der Waals surface area (Å²) in [6.45, 7) is 16.3. The highest BCUT2D eigenvalue weighted by Crippen LogP contribution is 2.06. The monoisotopic (exact) mass is 242 g/mol. The molecule has 0 rings (SSSR count). The fourth-order valence-electron chi connectivity index (χ4n) is 1.98. The van der Waals surface area contributed by atoms with Crippen LogP contribution < -0.4 is 5.32 Å². The van der Waals surface area contributed by atoms with Gasteiger partial charge in [0.1, 0.15) is 0 Å². The number of nitrogens with zero attached hydrogens (tertiary/aromatic N) is 1. The molecule has 0 amide bonds. The van der Waals surface area contributed by atoms with Crippen LogP contribution >= 0.6 is 0 Å². The van der Waals surface area contributed by atoms with Crippen molar-refractivity contribution >= 4 is 0 Å². The maximum atomic E-state index is 3.48. The molecule has 0 aliphatic carbocycles. The van der Waals surface area contributed by atoms with Gasteiger partial charge in [-0.2, -0.15) is 0 Å². The van der Waals surface area contributed by atoms with Gasteiger partial charge in [0.25, 0.3) is 0 Å². The molecule has 104 valence electrons. The fraction of sp³-hybridized carbons (Fsp3) is 1.00. The van der Waals surface area contributed by atoms with Gasteiger partial charge in [0.05, 0.1) is 0 Å². The van der Waals surface area contributed by atoms with E-state index in [4.69, 9.17) is 0 Å². The third-order valence-corrected chi connectivity index (χ3v) is 3.42. The van der Waals surface area contributed by atoms with Gasteiger partial charge in [-0.15, -0.1) is 0 Å². The molecule has 1 unspecified atom stereocenters. The number of rotatable bonds is 11. The number of hydrogen-bond donors (Lipinski definition) is 1. The van der Waals surface area contributed by atoms with Crippen LogP contribution in [0.1, 0.15) is 60.3 Å². The minimum absolute atomic E-state index is 0.632. The average molecular weight is 242 g/mol. The molecule has 0 fully saturated rings. The first-order valence-corrected chi connectivity index (χ1v) is 7.55. The molecular weight excluding hydrogens is 208 g/mol. The van der Waals surface area contributed by atoms with Crippen molar-refractivity contribution in [1.29, 1.82) is 0 Å². The lowest BCUT2D eigenvalue weighted by Crippen LogP contribution is -2.29. The van der Waals surface area contributed by atoms with E-state index >= 15 is 0 Å². The zero-order valence-electron chi connectivity index (χ0n) is 12.8. The molecule has 0 radical (unpaired) electrons. The second-order valence-corrected chi connectivity index (χ2v) is 5.58. The van der Waals surface area contributed by atoms with Crippen LogP contribution in [0.4, 0.5) is 0 Å². The molecule has 0 aliphatic rings. The first-order chi connectivity index (χ1) is 8.10. The predicted octanol–water partition coefficient (Wildman–Crippen LogP) is 3.52. The third kappa shape index (κ3) is 10.8. The van der Waals surface area contributed by atoms with Crippen LogP contribution in [-0.4, -0.2) is 37.1 Å². The zero-order chi connectivity index (χ0) is 13.1. The molecule has 2 nitrogen and oxygen atoms in total. The van der Waals surface area contributed by atoms with E-state index < -0.39 is 0 Å². The molecule has 0 aromatic rings. The molecule has 0 bridgehead atoms. The van der Waals surface area contributed by atoms with Gasteiger partial charge in [-0.1, -0.05) is 47.5 Å². The Hall–Kier alpha value is -0.0800. The van der Waals surface area contributed by atoms with E-state index in [0.717, 1.165) is 5.92 Å². The lowest BCUT2D eigenvalue weighted by atomic mass is 10.1. The van der Waals surface area contributed by atoms with Gasteiger partial charge in [0, 0.05) is 12.6 Å². The molecule has 2 heteroatoms. The predicted molar refractivity (Wildman–Crippen MR) is 78.6 cm³/mol. The van der Waals surface area contributed by atoms with Crippen LogP contribution in [0.15, 0.2) is 0 Å². The topological polar surface area (TPSA) is 15.3 Å². The van der Waals surface area contributed by atoms with Crippen molar-refractivity contribution in [3.8, 4) is 0 Å². The third-order valence-electron chi connectivity index (χ3n) is 3.42. The van der Waals surface area contributed by atoms with Gasteiger partial charge in [-0.25, -0.2) is 0 Å². The number of unbranched alkanes of at least 4 members (excludes halogenated alkanes) is 2. The van der Waals surface area contributed by atoms with Crippen molar-refractivity contribution in [3.05, 3.63) is 0 Å². The van der Waals surface area contributed by atoms with Crippen molar-refractivity contribution in [2.75, 3.05) is 26.2 Å². The lowest BCUT2D eigenvalue weighted by molar-refractivity contribution is 0.240. The van der Waals surface area contributed by atoms with Crippen molar-refractivity contribution < 1.29 is 0 Å². The molecule has 0 aromatic heterocycles. The smallest absolute Gasteiger partial charge is 0.00103 e. The summed E-state index contributed by atoms with van der Waals surface area (Å²) in [6, 6.07) is 0.632. The highest BCUT2D eigenvalue weighted by atomic mass is 15.1. The van der Waals surface area contributed by atoms with Crippen LogP contribution in [0.2, 0.25) is 0 Å². The molecule has 0 aromatic carbocycles. The molecule has 0 spiro atoms. The quantitative estimate of drug-likeness (QED) is 0.558. The van der Waals surface area contributed by atoms with E-state index in [1.807, 2.05) is 0 Å².